The van der Waals surface area contributed by atoms with Crippen molar-refractivity contribution >= 4 is 34.1 Å². The molecule has 138 valence electrons. The Hall–Kier alpha value is -3.37. The van der Waals surface area contributed by atoms with Gasteiger partial charge in [0.15, 0.2) is 0 Å². The van der Waals surface area contributed by atoms with Gasteiger partial charge in [-0.15, -0.1) is 0 Å². The molecule has 5 heteroatoms. The van der Waals surface area contributed by atoms with E-state index in [0.717, 1.165) is 11.3 Å². The number of benzene rings is 3. The van der Waals surface area contributed by atoms with Gasteiger partial charge in [0, 0.05) is 16.0 Å². The summed E-state index contributed by atoms with van der Waals surface area (Å²) in [6, 6.07) is 24.2. The largest absolute Gasteiger partial charge is 0.495 e. The summed E-state index contributed by atoms with van der Waals surface area (Å²) in [4.78, 5) is 17.9. The second-order valence-corrected chi connectivity index (χ2v) is 6.67. The third kappa shape index (κ3) is 3.55. The van der Waals surface area contributed by atoms with Crippen molar-refractivity contribution in [2.75, 3.05) is 12.4 Å². The molecule has 1 amide bonds. The molecule has 0 bridgehead atoms. The van der Waals surface area contributed by atoms with Crippen LogP contribution in [0.4, 0.5) is 5.69 Å². The first kappa shape index (κ1) is 18.0. The van der Waals surface area contributed by atoms with Crippen LogP contribution in [0.3, 0.4) is 0 Å². The molecule has 0 saturated heterocycles. The van der Waals surface area contributed by atoms with Crippen molar-refractivity contribution in [3.8, 4) is 17.0 Å². The molecule has 0 saturated carbocycles. The van der Waals surface area contributed by atoms with Crippen LogP contribution in [-0.4, -0.2) is 18.0 Å². The fourth-order valence-corrected chi connectivity index (χ4v) is 3.25. The maximum atomic E-state index is 13.2. The standard InChI is InChI=1S/C23H17ClN2O2/c1-28-22-10-6-5-9-20(22)26-23(27)18-14-21(15-7-3-2-4-8-15)25-19-12-11-16(24)13-17(18)19/h2-14H,1H3,(H,26,27). The molecule has 1 N–H and O–H groups in total. The van der Waals surface area contributed by atoms with Crippen molar-refractivity contribution in [1.29, 1.82) is 0 Å². The van der Waals surface area contributed by atoms with Gasteiger partial charge in [-0.1, -0.05) is 54.1 Å². The van der Waals surface area contributed by atoms with Crippen LogP contribution >= 0.6 is 11.6 Å². The maximum Gasteiger partial charge on any atom is 0.256 e. The maximum absolute atomic E-state index is 13.2. The van der Waals surface area contributed by atoms with Gasteiger partial charge >= 0.3 is 0 Å². The number of hydrogen-bond acceptors (Lipinski definition) is 3. The van der Waals surface area contributed by atoms with Gasteiger partial charge in [-0.05, 0) is 36.4 Å². The molecular weight excluding hydrogens is 372 g/mol. The average molecular weight is 389 g/mol. The minimum absolute atomic E-state index is 0.253. The van der Waals surface area contributed by atoms with Crippen molar-refractivity contribution < 1.29 is 9.53 Å². The molecule has 0 atom stereocenters. The van der Waals surface area contributed by atoms with Crippen LogP contribution in [0.1, 0.15) is 10.4 Å². The van der Waals surface area contributed by atoms with Gasteiger partial charge in [0.1, 0.15) is 5.75 Å². The number of rotatable bonds is 4. The molecular formula is C23H17ClN2O2. The number of amides is 1. The zero-order valence-corrected chi connectivity index (χ0v) is 15.9. The Kier molecular flexibility index (Phi) is 4.96. The van der Waals surface area contributed by atoms with Crippen LogP contribution in [0.25, 0.3) is 22.2 Å². The van der Waals surface area contributed by atoms with Crippen molar-refractivity contribution in [1.82, 2.24) is 4.98 Å². The summed E-state index contributed by atoms with van der Waals surface area (Å²) < 4.78 is 5.33. The smallest absolute Gasteiger partial charge is 0.256 e. The van der Waals surface area contributed by atoms with E-state index in [1.807, 2.05) is 48.5 Å². The molecule has 4 nitrogen and oxygen atoms in total. The number of hydrogen-bond donors (Lipinski definition) is 1. The monoisotopic (exact) mass is 388 g/mol. The predicted octanol–water partition coefficient (Wildman–Crippen LogP) is 5.82. The van der Waals surface area contributed by atoms with Gasteiger partial charge in [-0.3, -0.25) is 4.79 Å². The average Bonchev–Trinajstić information content (AvgIpc) is 2.74. The highest BCUT2D eigenvalue weighted by atomic mass is 35.5. The number of aromatic nitrogens is 1. The summed E-state index contributed by atoms with van der Waals surface area (Å²) >= 11 is 6.18. The molecule has 4 rings (SSSR count). The van der Waals surface area contributed by atoms with E-state index in [0.29, 0.717) is 32.9 Å². The van der Waals surface area contributed by atoms with Crippen LogP contribution in [0.5, 0.6) is 5.75 Å². The normalized spacial score (nSPS) is 10.6. The first-order chi connectivity index (χ1) is 13.7. The van der Waals surface area contributed by atoms with Crippen molar-refractivity contribution in [2.45, 2.75) is 0 Å². The molecule has 0 aliphatic carbocycles. The summed E-state index contributed by atoms with van der Waals surface area (Å²) in [6.45, 7) is 0. The van der Waals surface area contributed by atoms with E-state index in [1.165, 1.54) is 0 Å². The Balaban J connectivity index is 1.84. The Morgan fingerprint density at radius 1 is 0.964 bits per heavy atom. The summed E-state index contributed by atoms with van der Waals surface area (Å²) in [6.07, 6.45) is 0. The van der Waals surface area contributed by atoms with Crippen LogP contribution in [0.15, 0.2) is 78.9 Å². The number of para-hydroxylation sites is 2. The van der Waals surface area contributed by atoms with E-state index in [9.17, 15) is 4.79 Å². The molecule has 28 heavy (non-hydrogen) atoms. The zero-order valence-electron chi connectivity index (χ0n) is 15.1. The number of carbonyl (C=O) groups is 1. The van der Waals surface area contributed by atoms with Gasteiger partial charge in [0.05, 0.1) is 29.6 Å². The number of fused-ring (bicyclic) bond motifs is 1. The van der Waals surface area contributed by atoms with Gasteiger partial charge in [-0.2, -0.15) is 0 Å². The van der Waals surface area contributed by atoms with E-state index in [2.05, 4.69) is 5.32 Å². The molecule has 0 radical (unpaired) electrons. The second-order valence-electron chi connectivity index (χ2n) is 6.24. The molecule has 1 heterocycles. The number of nitrogens with zero attached hydrogens (tertiary/aromatic N) is 1. The Labute approximate surface area is 167 Å². The highest BCUT2D eigenvalue weighted by Gasteiger charge is 2.16. The summed E-state index contributed by atoms with van der Waals surface area (Å²) in [5, 5.41) is 4.18. The van der Waals surface area contributed by atoms with E-state index >= 15 is 0 Å². The third-order valence-electron chi connectivity index (χ3n) is 4.44. The number of ether oxygens (including phenoxy) is 1. The molecule has 0 aliphatic heterocycles. The van der Waals surface area contributed by atoms with E-state index in [-0.39, 0.29) is 5.91 Å². The first-order valence-electron chi connectivity index (χ1n) is 8.76. The molecule has 0 aliphatic rings. The lowest BCUT2D eigenvalue weighted by Gasteiger charge is -2.13. The van der Waals surface area contributed by atoms with Crippen LogP contribution in [-0.2, 0) is 0 Å². The predicted molar refractivity (Wildman–Crippen MR) is 113 cm³/mol. The first-order valence-corrected chi connectivity index (χ1v) is 9.13. The van der Waals surface area contributed by atoms with E-state index in [1.54, 1.807) is 37.4 Å². The summed E-state index contributed by atoms with van der Waals surface area (Å²) in [5.41, 5.74) is 3.46. The van der Waals surface area contributed by atoms with Gasteiger partial charge < -0.3 is 10.1 Å². The number of anilines is 1. The van der Waals surface area contributed by atoms with Crippen LogP contribution in [0, 0.1) is 0 Å². The number of pyridine rings is 1. The molecule has 0 spiro atoms. The lowest BCUT2D eigenvalue weighted by Crippen LogP contribution is -2.13. The number of nitrogens with one attached hydrogen (secondary N) is 1. The molecule has 4 aromatic rings. The Morgan fingerprint density at radius 3 is 2.50 bits per heavy atom. The quantitative estimate of drug-likeness (QED) is 0.479. The summed E-state index contributed by atoms with van der Waals surface area (Å²) in [5.74, 6) is 0.340. The fourth-order valence-electron chi connectivity index (χ4n) is 3.08. The van der Waals surface area contributed by atoms with Gasteiger partial charge in [0.25, 0.3) is 5.91 Å². The molecule has 3 aromatic carbocycles. The number of carbonyl (C=O) groups excluding carboxylic acids is 1. The van der Waals surface area contributed by atoms with Crippen LogP contribution < -0.4 is 10.1 Å². The number of methoxy groups -OCH3 is 1. The lowest BCUT2D eigenvalue weighted by atomic mass is 10.0. The highest BCUT2D eigenvalue weighted by molar-refractivity contribution is 6.31. The van der Waals surface area contributed by atoms with Crippen molar-refractivity contribution in [2.24, 2.45) is 0 Å². The fraction of sp³-hybridized carbons (Fsp3) is 0.0435. The van der Waals surface area contributed by atoms with Gasteiger partial charge in [-0.25, -0.2) is 4.98 Å². The zero-order chi connectivity index (χ0) is 19.5. The molecule has 1 aromatic heterocycles. The van der Waals surface area contributed by atoms with E-state index < -0.39 is 0 Å². The minimum atomic E-state index is -0.253. The van der Waals surface area contributed by atoms with Crippen molar-refractivity contribution in [3.63, 3.8) is 0 Å². The lowest BCUT2D eigenvalue weighted by molar-refractivity contribution is 0.102. The van der Waals surface area contributed by atoms with Crippen LogP contribution in [0.2, 0.25) is 5.02 Å². The van der Waals surface area contributed by atoms with Gasteiger partial charge in [0.2, 0.25) is 0 Å². The Bertz CT molecular complexity index is 1160. The topological polar surface area (TPSA) is 51.2 Å². The Morgan fingerprint density at radius 2 is 1.71 bits per heavy atom. The number of halogens is 1. The second kappa shape index (κ2) is 7.71. The molecule has 0 fully saturated rings. The SMILES string of the molecule is COc1ccccc1NC(=O)c1cc(-c2ccccc2)nc2ccc(Cl)cc12. The van der Waals surface area contributed by atoms with E-state index in [4.69, 9.17) is 21.3 Å². The molecule has 0 unspecified atom stereocenters. The third-order valence-corrected chi connectivity index (χ3v) is 4.68. The summed E-state index contributed by atoms with van der Waals surface area (Å²) in [7, 11) is 1.57. The highest BCUT2D eigenvalue weighted by Crippen LogP contribution is 2.29. The minimum Gasteiger partial charge on any atom is -0.495 e. The van der Waals surface area contributed by atoms with Crippen molar-refractivity contribution in [3.05, 3.63) is 89.4 Å².